The smallest absolute Gasteiger partial charge is 0.230 e. The van der Waals surface area contributed by atoms with E-state index in [9.17, 15) is 4.79 Å². The van der Waals surface area contributed by atoms with Crippen molar-refractivity contribution in [2.24, 2.45) is 0 Å². The Balaban J connectivity index is 2.47. The second-order valence-electron chi connectivity index (χ2n) is 4.50. The van der Waals surface area contributed by atoms with Crippen molar-refractivity contribution in [3.63, 3.8) is 0 Å². The molecule has 1 rings (SSSR count). The second kappa shape index (κ2) is 6.45. The third-order valence-electron chi connectivity index (χ3n) is 2.56. The van der Waals surface area contributed by atoms with Crippen molar-refractivity contribution in [3.05, 3.63) is 28.7 Å². The fourth-order valence-electron chi connectivity index (χ4n) is 1.21. The van der Waals surface area contributed by atoms with Crippen molar-refractivity contribution in [2.75, 3.05) is 5.75 Å². The summed E-state index contributed by atoms with van der Waals surface area (Å²) in [4.78, 5) is 12.8. The lowest BCUT2D eigenvalue weighted by atomic mass is 10.0. The van der Waals surface area contributed by atoms with Gasteiger partial charge in [-0.1, -0.05) is 19.1 Å². The summed E-state index contributed by atoms with van der Waals surface area (Å²) in [5.74, 6) is 0.532. The van der Waals surface area contributed by atoms with E-state index in [1.807, 2.05) is 38.1 Å². The van der Waals surface area contributed by atoms with Crippen LogP contribution in [-0.4, -0.2) is 17.2 Å². The number of hydrogen-bond acceptors (Lipinski definition) is 2. The third-order valence-corrected chi connectivity index (χ3v) is 4.58. The SMILES string of the molecule is CCC(C)(C)NC(=O)CSc1ccccc1Br. The monoisotopic (exact) mass is 315 g/mol. The molecular weight excluding hydrogens is 298 g/mol. The van der Waals surface area contributed by atoms with Crippen LogP contribution in [0.2, 0.25) is 0 Å². The highest BCUT2D eigenvalue weighted by Crippen LogP contribution is 2.26. The Kier molecular flexibility index (Phi) is 5.53. The van der Waals surface area contributed by atoms with E-state index >= 15 is 0 Å². The molecule has 0 spiro atoms. The van der Waals surface area contributed by atoms with Crippen LogP contribution in [-0.2, 0) is 4.79 Å². The second-order valence-corrected chi connectivity index (χ2v) is 6.38. The van der Waals surface area contributed by atoms with Gasteiger partial charge in [0, 0.05) is 14.9 Å². The lowest BCUT2D eigenvalue weighted by molar-refractivity contribution is -0.120. The number of hydrogen-bond donors (Lipinski definition) is 1. The fraction of sp³-hybridized carbons (Fsp3) is 0.462. The van der Waals surface area contributed by atoms with Gasteiger partial charge in [0.15, 0.2) is 0 Å². The maximum atomic E-state index is 11.8. The summed E-state index contributed by atoms with van der Waals surface area (Å²) in [5.41, 5.74) is -0.119. The maximum Gasteiger partial charge on any atom is 0.230 e. The zero-order valence-corrected chi connectivity index (χ0v) is 12.8. The zero-order chi connectivity index (χ0) is 12.9. The summed E-state index contributed by atoms with van der Waals surface area (Å²) in [6.07, 6.45) is 0.929. The van der Waals surface area contributed by atoms with Crippen LogP contribution in [0.5, 0.6) is 0 Å². The summed E-state index contributed by atoms with van der Waals surface area (Å²) < 4.78 is 1.03. The Bertz CT molecular complexity index is 393. The van der Waals surface area contributed by atoms with Crippen molar-refractivity contribution in [1.82, 2.24) is 5.32 Å². The molecule has 0 saturated heterocycles. The van der Waals surface area contributed by atoms with E-state index in [-0.39, 0.29) is 11.4 Å². The molecule has 0 bridgehead atoms. The number of thioether (sulfide) groups is 1. The Morgan fingerprint density at radius 1 is 1.41 bits per heavy atom. The van der Waals surface area contributed by atoms with Crippen molar-refractivity contribution < 1.29 is 4.79 Å². The van der Waals surface area contributed by atoms with Crippen molar-refractivity contribution in [2.45, 2.75) is 37.6 Å². The number of carbonyl (C=O) groups excluding carboxylic acids is 1. The first-order chi connectivity index (χ1) is 7.94. The molecule has 0 atom stereocenters. The van der Waals surface area contributed by atoms with Crippen LogP contribution in [0.15, 0.2) is 33.6 Å². The molecule has 94 valence electrons. The van der Waals surface area contributed by atoms with Gasteiger partial charge < -0.3 is 5.32 Å². The third kappa shape index (κ3) is 5.13. The molecule has 1 N–H and O–H groups in total. The number of carbonyl (C=O) groups is 1. The molecule has 0 heterocycles. The Labute approximate surface area is 116 Å². The van der Waals surface area contributed by atoms with Crippen molar-refractivity contribution in [1.29, 1.82) is 0 Å². The Morgan fingerprint density at radius 2 is 2.06 bits per heavy atom. The van der Waals surface area contributed by atoms with Gasteiger partial charge in [0.1, 0.15) is 0 Å². The minimum atomic E-state index is -0.119. The molecule has 0 aliphatic rings. The van der Waals surface area contributed by atoms with Gasteiger partial charge in [-0.25, -0.2) is 0 Å². The molecule has 0 aliphatic heterocycles. The molecule has 0 aromatic heterocycles. The molecule has 1 amide bonds. The lowest BCUT2D eigenvalue weighted by Gasteiger charge is -2.24. The summed E-state index contributed by atoms with van der Waals surface area (Å²) in [7, 11) is 0. The topological polar surface area (TPSA) is 29.1 Å². The van der Waals surface area contributed by atoms with E-state index in [0.29, 0.717) is 5.75 Å². The average Bonchev–Trinajstić information content (AvgIpc) is 2.27. The van der Waals surface area contributed by atoms with E-state index in [1.54, 1.807) is 11.8 Å². The maximum absolute atomic E-state index is 11.8. The summed E-state index contributed by atoms with van der Waals surface area (Å²) in [6, 6.07) is 7.93. The predicted octanol–water partition coefficient (Wildman–Crippen LogP) is 3.85. The molecule has 0 unspecified atom stereocenters. The molecule has 0 saturated carbocycles. The van der Waals surface area contributed by atoms with Gasteiger partial charge in [0.05, 0.1) is 5.75 Å². The van der Waals surface area contributed by atoms with E-state index in [4.69, 9.17) is 0 Å². The first-order valence-electron chi connectivity index (χ1n) is 5.63. The van der Waals surface area contributed by atoms with Gasteiger partial charge in [0.2, 0.25) is 5.91 Å². The number of amides is 1. The van der Waals surface area contributed by atoms with E-state index in [1.165, 1.54) is 0 Å². The van der Waals surface area contributed by atoms with Crippen LogP contribution in [0.25, 0.3) is 0 Å². The number of rotatable bonds is 5. The first-order valence-corrected chi connectivity index (χ1v) is 7.41. The summed E-state index contributed by atoms with van der Waals surface area (Å²) >= 11 is 5.02. The highest BCUT2D eigenvalue weighted by Gasteiger charge is 2.17. The number of benzene rings is 1. The Hall–Kier alpha value is -0.480. The molecular formula is C13H18BrNOS. The fourth-order valence-corrected chi connectivity index (χ4v) is 2.57. The molecule has 0 aliphatic carbocycles. The number of nitrogens with one attached hydrogen (secondary N) is 1. The van der Waals surface area contributed by atoms with Gasteiger partial charge in [-0.15, -0.1) is 11.8 Å². The quantitative estimate of drug-likeness (QED) is 0.836. The normalized spacial score (nSPS) is 11.3. The molecule has 4 heteroatoms. The predicted molar refractivity (Wildman–Crippen MR) is 77.4 cm³/mol. The van der Waals surface area contributed by atoms with Gasteiger partial charge in [-0.05, 0) is 48.3 Å². The van der Waals surface area contributed by atoms with Crippen LogP contribution in [0.4, 0.5) is 0 Å². The molecule has 0 fully saturated rings. The van der Waals surface area contributed by atoms with Crippen LogP contribution >= 0.6 is 27.7 Å². The van der Waals surface area contributed by atoms with Gasteiger partial charge in [-0.3, -0.25) is 4.79 Å². The highest BCUT2D eigenvalue weighted by molar-refractivity contribution is 9.10. The van der Waals surface area contributed by atoms with Crippen LogP contribution in [0.1, 0.15) is 27.2 Å². The van der Waals surface area contributed by atoms with Crippen LogP contribution in [0, 0.1) is 0 Å². The average molecular weight is 316 g/mol. The van der Waals surface area contributed by atoms with Gasteiger partial charge >= 0.3 is 0 Å². The summed E-state index contributed by atoms with van der Waals surface area (Å²) in [6.45, 7) is 6.14. The molecule has 0 radical (unpaired) electrons. The summed E-state index contributed by atoms with van der Waals surface area (Å²) in [5, 5.41) is 3.02. The standard InChI is InChI=1S/C13H18BrNOS/c1-4-13(2,3)15-12(16)9-17-11-8-6-5-7-10(11)14/h5-8H,4,9H2,1-3H3,(H,15,16). The minimum Gasteiger partial charge on any atom is -0.351 e. The molecule has 1 aromatic rings. The van der Waals surface area contributed by atoms with E-state index < -0.39 is 0 Å². The van der Waals surface area contributed by atoms with Gasteiger partial charge in [-0.2, -0.15) is 0 Å². The van der Waals surface area contributed by atoms with Gasteiger partial charge in [0.25, 0.3) is 0 Å². The van der Waals surface area contributed by atoms with Crippen LogP contribution < -0.4 is 5.32 Å². The van der Waals surface area contributed by atoms with Crippen molar-refractivity contribution >= 4 is 33.6 Å². The minimum absolute atomic E-state index is 0.0811. The first kappa shape index (κ1) is 14.6. The van der Waals surface area contributed by atoms with E-state index in [2.05, 4.69) is 28.2 Å². The molecule has 17 heavy (non-hydrogen) atoms. The number of halogens is 1. The Morgan fingerprint density at radius 3 is 2.65 bits per heavy atom. The zero-order valence-electron chi connectivity index (χ0n) is 10.4. The van der Waals surface area contributed by atoms with E-state index in [0.717, 1.165) is 15.8 Å². The largest absolute Gasteiger partial charge is 0.351 e. The molecule has 1 aromatic carbocycles. The molecule has 2 nitrogen and oxygen atoms in total. The lowest BCUT2D eigenvalue weighted by Crippen LogP contribution is -2.43. The van der Waals surface area contributed by atoms with Crippen molar-refractivity contribution in [3.8, 4) is 0 Å². The highest BCUT2D eigenvalue weighted by atomic mass is 79.9. The van der Waals surface area contributed by atoms with Crippen LogP contribution in [0.3, 0.4) is 0 Å².